The maximum atomic E-state index is 12.7. The molecule has 12 heteroatoms. The highest BCUT2D eigenvalue weighted by molar-refractivity contribution is 7.45. The van der Waals surface area contributed by atoms with Crippen LogP contribution < -0.4 is 4.89 Å². The molecule has 0 fully saturated rings. The van der Waals surface area contributed by atoms with Crippen LogP contribution in [0.25, 0.3) is 0 Å². The lowest BCUT2D eigenvalue weighted by molar-refractivity contribution is -0.870. The van der Waals surface area contributed by atoms with E-state index in [0.29, 0.717) is 36.7 Å². The van der Waals surface area contributed by atoms with Crippen molar-refractivity contribution in [2.75, 3.05) is 47.5 Å². The number of carbonyl (C=O) groups excluding carboxylic acids is 2. The van der Waals surface area contributed by atoms with Crippen LogP contribution in [0, 0.1) is 0 Å². The van der Waals surface area contributed by atoms with Crippen molar-refractivity contribution in [1.82, 2.24) is 0 Å². The summed E-state index contributed by atoms with van der Waals surface area (Å²) in [7, 11) is 1.07. The van der Waals surface area contributed by atoms with Crippen LogP contribution in [0.4, 0.5) is 0 Å². The van der Waals surface area contributed by atoms with Gasteiger partial charge >= 0.3 is 11.9 Å². The number of aliphatic hydroxyl groups excluding tert-OH is 2. The van der Waals surface area contributed by atoms with Gasteiger partial charge in [-0.2, -0.15) is 0 Å². The summed E-state index contributed by atoms with van der Waals surface area (Å²) in [5, 5.41) is 19.3. The van der Waals surface area contributed by atoms with Crippen molar-refractivity contribution in [3.05, 3.63) is 72.9 Å². The van der Waals surface area contributed by atoms with E-state index in [2.05, 4.69) is 49.5 Å². The minimum absolute atomic E-state index is 0.0600. The Hall–Kier alpha value is -2.63. The Balaban J connectivity index is 4.52. The third-order valence-electron chi connectivity index (χ3n) is 9.48. The van der Waals surface area contributed by atoms with Crippen molar-refractivity contribution in [2.45, 2.75) is 173 Å². The van der Waals surface area contributed by atoms with Gasteiger partial charge in [0, 0.05) is 12.8 Å². The molecule has 0 heterocycles. The SMILES string of the molecule is CCCCCCCC/C=C\CCCCCCCC(=O)OCC(COP(=O)([O-])OCC[N+](C)(C)C)OC(=O)CC/C=C/C/C=C/C/C=C/C/C=C/C/C=C/CC(O)C(O)CC. The van der Waals surface area contributed by atoms with Gasteiger partial charge in [-0.15, -0.1) is 0 Å². The van der Waals surface area contributed by atoms with Crippen LogP contribution in [0.5, 0.6) is 0 Å². The van der Waals surface area contributed by atoms with E-state index in [1.54, 1.807) is 0 Å². The molecule has 4 atom stereocenters. The fraction of sp³-hybridized carbons (Fsp3) is 0.708. The van der Waals surface area contributed by atoms with Crippen LogP contribution >= 0.6 is 7.82 Å². The number of rotatable bonds is 40. The number of hydrogen-bond acceptors (Lipinski definition) is 10. The van der Waals surface area contributed by atoms with Crippen LogP contribution in [0.15, 0.2) is 72.9 Å². The van der Waals surface area contributed by atoms with E-state index in [1.165, 1.54) is 44.9 Å². The average Bonchev–Trinajstić information content (AvgIpc) is 3.20. The number of phosphoric acid groups is 1. The third kappa shape index (κ3) is 40.8. The van der Waals surface area contributed by atoms with Crippen molar-refractivity contribution >= 4 is 19.8 Å². The van der Waals surface area contributed by atoms with Gasteiger partial charge in [-0.25, -0.2) is 0 Å². The van der Waals surface area contributed by atoms with Crippen LogP contribution in [0.1, 0.15) is 155 Å². The standard InChI is InChI=1S/C48H84NO10P/c1-6-8-9-10-11-12-13-14-16-20-23-26-29-32-35-38-47(52)56-42-44(43-58-60(54,55)57-41-40-49(3,4)5)59-48(53)39-36-33-30-27-24-21-18-15-17-19-22-25-28-31-34-37-46(51)45(50)7-2/h14-17,21-22,24-25,30-31,33-34,44-46,50-51H,6-13,18-20,23,26-29,32,35-43H2,1-5H3/b16-14-,17-15+,24-21+,25-22+,33-30+,34-31+. The third-order valence-corrected chi connectivity index (χ3v) is 10.4. The number of nitrogens with zero attached hydrogens (tertiary/aromatic N) is 1. The summed E-state index contributed by atoms with van der Waals surface area (Å²) in [5.41, 5.74) is 0. The van der Waals surface area contributed by atoms with Crippen LogP contribution in [-0.2, 0) is 32.7 Å². The van der Waals surface area contributed by atoms with Crippen molar-refractivity contribution in [3.8, 4) is 0 Å². The molecular weight excluding hydrogens is 781 g/mol. The minimum Gasteiger partial charge on any atom is -0.756 e. The predicted octanol–water partition coefficient (Wildman–Crippen LogP) is 10.3. The van der Waals surface area contributed by atoms with E-state index in [4.69, 9.17) is 18.5 Å². The zero-order chi connectivity index (χ0) is 44.6. The molecule has 0 aliphatic carbocycles. The summed E-state index contributed by atoms with van der Waals surface area (Å²) in [6, 6.07) is 0. The van der Waals surface area contributed by atoms with E-state index in [0.717, 1.165) is 57.8 Å². The lowest BCUT2D eigenvalue weighted by Crippen LogP contribution is -2.37. The molecule has 0 rings (SSSR count). The van der Waals surface area contributed by atoms with Gasteiger partial charge in [0.05, 0.1) is 40.0 Å². The van der Waals surface area contributed by atoms with Gasteiger partial charge in [-0.1, -0.05) is 138 Å². The molecule has 0 bridgehead atoms. The maximum Gasteiger partial charge on any atom is 0.306 e. The molecule has 0 aromatic carbocycles. The highest BCUT2D eigenvalue weighted by Crippen LogP contribution is 2.38. The highest BCUT2D eigenvalue weighted by Gasteiger charge is 2.21. The molecule has 2 N–H and O–H groups in total. The molecule has 0 saturated heterocycles. The number of phosphoric ester groups is 1. The van der Waals surface area contributed by atoms with Crippen molar-refractivity contribution < 1.29 is 52.3 Å². The first-order valence-corrected chi connectivity index (χ1v) is 24.3. The molecule has 0 amide bonds. The fourth-order valence-corrected chi connectivity index (χ4v) is 6.39. The number of allylic oxidation sites excluding steroid dienone is 11. The van der Waals surface area contributed by atoms with Crippen LogP contribution in [-0.4, -0.2) is 92.5 Å². The lowest BCUT2D eigenvalue weighted by Gasteiger charge is -2.28. The van der Waals surface area contributed by atoms with Gasteiger partial charge in [0.25, 0.3) is 7.82 Å². The predicted molar refractivity (Wildman–Crippen MR) is 243 cm³/mol. The molecule has 0 aromatic rings. The monoisotopic (exact) mass is 866 g/mol. The average molecular weight is 866 g/mol. The first-order valence-electron chi connectivity index (χ1n) is 22.8. The Morgan fingerprint density at radius 1 is 0.600 bits per heavy atom. The van der Waals surface area contributed by atoms with Gasteiger partial charge in [-0.3, -0.25) is 14.2 Å². The second-order valence-electron chi connectivity index (χ2n) is 16.3. The summed E-state index contributed by atoms with van der Waals surface area (Å²) in [6.45, 7) is 3.65. The number of hydrogen-bond donors (Lipinski definition) is 2. The van der Waals surface area contributed by atoms with E-state index < -0.39 is 44.7 Å². The van der Waals surface area contributed by atoms with Gasteiger partial charge in [0.15, 0.2) is 6.10 Å². The molecule has 0 saturated carbocycles. The zero-order valence-electron chi connectivity index (χ0n) is 38.1. The quantitative estimate of drug-likeness (QED) is 0.0200. The van der Waals surface area contributed by atoms with E-state index >= 15 is 0 Å². The summed E-state index contributed by atoms with van der Waals surface area (Å²) >= 11 is 0. The number of carbonyl (C=O) groups is 2. The zero-order valence-corrected chi connectivity index (χ0v) is 39.0. The Kier molecular flexibility index (Phi) is 37.5. The second-order valence-corrected chi connectivity index (χ2v) is 17.7. The van der Waals surface area contributed by atoms with Gasteiger partial charge in [-0.05, 0) is 77.0 Å². The number of quaternary nitrogens is 1. The Labute approximate surface area is 364 Å². The highest BCUT2D eigenvalue weighted by atomic mass is 31.2. The van der Waals surface area contributed by atoms with Crippen LogP contribution in [0.2, 0.25) is 0 Å². The van der Waals surface area contributed by atoms with Crippen LogP contribution in [0.3, 0.4) is 0 Å². The smallest absolute Gasteiger partial charge is 0.306 e. The number of unbranched alkanes of at least 4 members (excludes halogenated alkanes) is 11. The Morgan fingerprint density at radius 2 is 1.10 bits per heavy atom. The Bertz CT molecular complexity index is 1290. The van der Waals surface area contributed by atoms with Gasteiger partial charge in [0.1, 0.15) is 19.8 Å². The van der Waals surface area contributed by atoms with Gasteiger partial charge in [0.2, 0.25) is 0 Å². The summed E-state index contributed by atoms with van der Waals surface area (Å²) in [6.07, 6.45) is 42.3. The Morgan fingerprint density at radius 3 is 1.65 bits per heavy atom. The molecular formula is C48H84NO10P. The molecule has 60 heavy (non-hydrogen) atoms. The molecule has 4 unspecified atom stereocenters. The normalized spacial score (nSPS) is 15.3. The molecule has 0 aliphatic heterocycles. The van der Waals surface area contributed by atoms with Crippen molar-refractivity contribution in [1.29, 1.82) is 0 Å². The second kappa shape index (κ2) is 39.2. The van der Waals surface area contributed by atoms with E-state index in [-0.39, 0.29) is 26.1 Å². The largest absolute Gasteiger partial charge is 0.756 e. The van der Waals surface area contributed by atoms with Crippen molar-refractivity contribution in [3.63, 3.8) is 0 Å². The fourth-order valence-electron chi connectivity index (χ4n) is 5.67. The molecule has 0 radical (unpaired) electrons. The minimum atomic E-state index is -4.67. The van der Waals surface area contributed by atoms with Gasteiger partial charge < -0.3 is 38.1 Å². The number of ether oxygens (including phenoxy) is 2. The summed E-state index contributed by atoms with van der Waals surface area (Å²) in [5.74, 6) is -0.978. The summed E-state index contributed by atoms with van der Waals surface area (Å²) < 4.78 is 33.8. The molecule has 0 aliphatic rings. The molecule has 0 spiro atoms. The number of aliphatic hydroxyl groups is 2. The molecule has 346 valence electrons. The van der Waals surface area contributed by atoms with E-state index in [9.17, 15) is 29.3 Å². The number of esters is 2. The van der Waals surface area contributed by atoms with Crippen molar-refractivity contribution in [2.24, 2.45) is 0 Å². The first-order chi connectivity index (χ1) is 28.8. The topological polar surface area (TPSA) is 152 Å². The number of likely N-dealkylation sites (N-methyl/N-ethyl adjacent to an activating group) is 1. The van der Waals surface area contributed by atoms with E-state index in [1.807, 2.05) is 58.4 Å². The molecule has 11 nitrogen and oxygen atoms in total. The first kappa shape index (κ1) is 57.4. The maximum absolute atomic E-state index is 12.7. The molecule has 0 aromatic heterocycles. The summed E-state index contributed by atoms with van der Waals surface area (Å²) in [4.78, 5) is 37.5. The lowest BCUT2D eigenvalue weighted by atomic mass is 10.1.